The van der Waals surface area contributed by atoms with E-state index < -0.39 is 14.4 Å². The fourth-order valence-electron chi connectivity index (χ4n) is 5.99. The van der Waals surface area contributed by atoms with Gasteiger partial charge in [-0.1, -0.05) is 69.3 Å². The minimum atomic E-state index is -1.97. The van der Waals surface area contributed by atoms with Crippen molar-refractivity contribution in [3.8, 4) is 39.6 Å². The zero-order chi connectivity index (χ0) is 36.8. The molecule has 0 spiro atoms. The highest BCUT2D eigenvalue weighted by Crippen LogP contribution is 2.45. The van der Waals surface area contributed by atoms with Crippen LogP contribution in [-0.2, 0) is 20.5 Å². The molecule has 0 fully saturated rings. The molecule has 5 rings (SSSR count). The van der Waals surface area contributed by atoms with Crippen molar-refractivity contribution in [2.75, 3.05) is 47.6 Å². The minimum absolute atomic E-state index is 0.0589. The molecule has 270 valence electrons. The van der Waals surface area contributed by atoms with Crippen LogP contribution in [0.5, 0.6) is 17.2 Å². The predicted molar refractivity (Wildman–Crippen MR) is 201 cm³/mol. The molecule has 0 unspecified atom stereocenters. The van der Waals surface area contributed by atoms with E-state index in [9.17, 15) is 9.59 Å². The summed E-state index contributed by atoms with van der Waals surface area (Å²) in [4.78, 5) is 33.2. The topological polar surface area (TPSA) is 108 Å². The number of fused-ring (bicyclic) bond motifs is 3. The number of pyridine rings is 1. The third-order valence-corrected chi connectivity index (χ3v) is 14.3. The van der Waals surface area contributed by atoms with Crippen LogP contribution in [0.15, 0.2) is 79.0 Å². The molecule has 4 aromatic rings. The second-order valence-electron chi connectivity index (χ2n) is 14.1. The second-order valence-corrected chi connectivity index (χ2v) is 18.9. The summed E-state index contributed by atoms with van der Waals surface area (Å²) in [6.45, 7) is 11.7. The van der Waals surface area contributed by atoms with E-state index in [-0.39, 0.29) is 36.6 Å². The van der Waals surface area contributed by atoms with Gasteiger partial charge in [0.2, 0.25) is 11.7 Å². The molecule has 1 heterocycles. The van der Waals surface area contributed by atoms with E-state index in [1.807, 2.05) is 48.5 Å². The van der Waals surface area contributed by atoms with Crippen LogP contribution < -0.4 is 19.5 Å². The summed E-state index contributed by atoms with van der Waals surface area (Å²) in [5.74, 6) is 1.04. The van der Waals surface area contributed by atoms with E-state index >= 15 is 0 Å². The van der Waals surface area contributed by atoms with Gasteiger partial charge >= 0.3 is 6.09 Å². The van der Waals surface area contributed by atoms with Gasteiger partial charge in [-0.15, -0.1) is 0 Å². The van der Waals surface area contributed by atoms with Crippen LogP contribution in [0.25, 0.3) is 22.4 Å². The van der Waals surface area contributed by atoms with Gasteiger partial charge in [-0.3, -0.25) is 14.7 Å². The van der Waals surface area contributed by atoms with Gasteiger partial charge < -0.3 is 28.7 Å². The maximum Gasteiger partial charge on any atom is 0.410 e. The first-order valence-corrected chi connectivity index (χ1v) is 20.0. The number of aromatic nitrogens is 1. The Morgan fingerprint density at radius 1 is 0.863 bits per heavy atom. The van der Waals surface area contributed by atoms with Crippen molar-refractivity contribution in [1.29, 1.82) is 0 Å². The van der Waals surface area contributed by atoms with Crippen LogP contribution in [-0.4, -0.2) is 77.8 Å². The fraction of sp³-hybridized carbons (Fsp3) is 0.375. The Morgan fingerprint density at radius 2 is 1.47 bits per heavy atom. The lowest BCUT2D eigenvalue weighted by atomic mass is 9.98. The zero-order valence-electron chi connectivity index (χ0n) is 30.9. The molecule has 1 aliphatic carbocycles. The number of hydrogen-bond acceptors (Lipinski definition) is 8. The Kier molecular flexibility index (Phi) is 11.7. The minimum Gasteiger partial charge on any atom is -0.493 e. The predicted octanol–water partition coefficient (Wildman–Crippen LogP) is 7.66. The maximum atomic E-state index is 13.9. The first-order valence-electron chi connectivity index (χ1n) is 17.1. The van der Waals surface area contributed by atoms with Crippen LogP contribution in [0.3, 0.4) is 0 Å². The van der Waals surface area contributed by atoms with Gasteiger partial charge in [0.05, 0.1) is 33.6 Å². The Morgan fingerprint density at radius 3 is 2.04 bits per heavy atom. The van der Waals surface area contributed by atoms with Crippen LogP contribution in [0, 0.1) is 0 Å². The third-order valence-electron chi connectivity index (χ3n) is 9.78. The van der Waals surface area contributed by atoms with Gasteiger partial charge in [-0.05, 0) is 70.2 Å². The van der Waals surface area contributed by atoms with Crippen LogP contribution in [0.2, 0.25) is 18.1 Å². The molecule has 51 heavy (non-hydrogen) atoms. The summed E-state index contributed by atoms with van der Waals surface area (Å²) in [5.41, 5.74) is 6.63. The number of methoxy groups -OCH3 is 3. The van der Waals surface area contributed by atoms with Crippen molar-refractivity contribution < 1.29 is 33.0 Å². The Balaban J connectivity index is 1.35. The summed E-state index contributed by atoms with van der Waals surface area (Å²) in [5, 5.41) is 2.99. The molecule has 0 aliphatic heterocycles. The molecule has 1 aliphatic rings. The zero-order valence-corrected chi connectivity index (χ0v) is 31.9. The molecule has 0 radical (unpaired) electrons. The van der Waals surface area contributed by atoms with Crippen molar-refractivity contribution in [3.63, 3.8) is 0 Å². The van der Waals surface area contributed by atoms with E-state index in [1.54, 1.807) is 27.5 Å². The molecule has 0 bridgehead atoms. The summed E-state index contributed by atoms with van der Waals surface area (Å²) in [6.07, 6.45) is 1.08. The number of benzene rings is 3. The molecule has 0 atom stereocenters. The Labute approximate surface area is 302 Å². The van der Waals surface area contributed by atoms with Gasteiger partial charge in [0.1, 0.15) is 13.2 Å². The lowest BCUT2D eigenvalue weighted by molar-refractivity contribution is -0.122. The summed E-state index contributed by atoms with van der Waals surface area (Å²) < 4.78 is 28.8. The first-order chi connectivity index (χ1) is 24.4. The second kappa shape index (κ2) is 16.0. The monoisotopic (exact) mass is 711 g/mol. The highest BCUT2D eigenvalue weighted by atomic mass is 28.4. The molecule has 2 amide bonds. The number of carbonyl (C=O) groups excluding carboxylic acids is 2. The fourth-order valence-corrected chi connectivity index (χ4v) is 7.04. The number of nitrogens with zero attached hydrogens (tertiary/aromatic N) is 2. The lowest BCUT2D eigenvalue weighted by Gasteiger charge is -2.36. The third kappa shape index (κ3) is 8.54. The molecular weight excluding hydrogens is 663 g/mol. The van der Waals surface area contributed by atoms with Crippen molar-refractivity contribution >= 4 is 20.3 Å². The number of rotatable bonds is 14. The van der Waals surface area contributed by atoms with Gasteiger partial charge in [-0.25, -0.2) is 4.79 Å². The van der Waals surface area contributed by atoms with E-state index in [2.05, 4.69) is 68.4 Å². The Bertz CT molecular complexity index is 1790. The summed E-state index contributed by atoms with van der Waals surface area (Å²) >= 11 is 0. The van der Waals surface area contributed by atoms with Crippen molar-refractivity contribution in [1.82, 2.24) is 15.2 Å². The van der Waals surface area contributed by atoms with Crippen LogP contribution in [0.1, 0.15) is 43.4 Å². The first kappa shape index (κ1) is 37.4. The molecule has 1 N–H and O–H groups in total. The van der Waals surface area contributed by atoms with Gasteiger partial charge in [0.15, 0.2) is 19.8 Å². The number of amides is 2. The standard InChI is InChI=1S/C40H49N3O7Si/c1-40(2,3)51(7,8)50-20-19-42-37(44)25-43(39(45)49-26-33-31-15-11-9-13-29(31)30-14-10-12-16-32(30)33)24-27-17-18-41-34(21-27)28-22-35(46-4)38(48-6)36(23-28)47-5/h9-18,21-23,33H,19-20,24-26H2,1-8H3,(H,42,44). The van der Waals surface area contributed by atoms with Crippen LogP contribution >= 0.6 is 0 Å². The molecule has 1 aromatic heterocycles. The molecule has 0 saturated heterocycles. The molecular formula is C40H49N3O7Si. The average molecular weight is 712 g/mol. The maximum absolute atomic E-state index is 13.9. The van der Waals surface area contributed by atoms with E-state index in [4.69, 9.17) is 23.4 Å². The van der Waals surface area contributed by atoms with E-state index in [0.717, 1.165) is 33.4 Å². The van der Waals surface area contributed by atoms with Crippen LogP contribution in [0.4, 0.5) is 4.79 Å². The number of nitrogens with one attached hydrogen (secondary N) is 1. The molecule has 11 heteroatoms. The van der Waals surface area contributed by atoms with E-state index in [1.165, 1.54) is 4.90 Å². The van der Waals surface area contributed by atoms with Gasteiger partial charge in [0.25, 0.3) is 0 Å². The lowest BCUT2D eigenvalue weighted by Crippen LogP contribution is -2.44. The normalized spacial score (nSPS) is 12.5. The number of hydrogen-bond donors (Lipinski definition) is 1. The average Bonchev–Trinajstić information content (AvgIpc) is 3.44. The summed E-state index contributed by atoms with van der Waals surface area (Å²) in [7, 11) is 2.70. The summed E-state index contributed by atoms with van der Waals surface area (Å²) in [6, 6.07) is 23.7. The number of carbonyl (C=O) groups is 2. The largest absolute Gasteiger partial charge is 0.493 e. The van der Waals surface area contributed by atoms with Crippen molar-refractivity contribution in [2.24, 2.45) is 0 Å². The SMILES string of the molecule is COc1cc(-c2cc(CN(CC(=O)NCCO[Si](C)(C)C(C)(C)C)C(=O)OCC3c4ccccc4-c4ccccc43)ccn2)cc(OC)c1OC. The van der Waals surface area contributed by atoms with Gasteiger partial charge in [0, 0.05) is 30.8 Å². The van der Waals surface area contributed by atoms with Crippen molar-refractivity contribution in [3.05, 3.63) is 95.7 Å². The van der Waals surface area contributed by atoms with E-state index in [0.29, 0.717) is 36.1 Å². The van der Waals surface area contributed by atoms with Gasteiger partial charge in [-0.2, -0.15) is 0 Å². The number of ether oxygens (including phenoxy) is 4. The molecule has 10 nitrogen and oxygen atoms in total. The molecule has 0 saturated carbocycles. The highest BCUT2D eigenvalue weighted by molar-refractivity contribution is 6.74. The molecule has 3 aromatic carbocycles. The Hall–Kier alpha value is -4.87. The highest BCUT2D eigenvalue weighted by Gasteiger charge is 2.37. The quantitative estimate of drug-likeness (QED) is 0.105. The smallest absolute Gasteiger partial charge is 0.410 e. The van der Waals surface area contributed by atoms with Crippen molar-refractivity contribution in [2.45, 2.75) is 51.4 Å².